The molecule has 0 spiro atoms. The average molecular weight is 266 g/mol. The minimum Gasteiger partial charge on any atom is -0.349 e. The number of carbonyl (C=O) groups excluding carboxylic acids is 1. The molecule has 2 aliphatic carbocycles. The van der Waals surface area contributed by atoms with E-state index in [9.17, 15) is 4.79 Å². The summed E-state index contributed by atoms with van der Waals surface area (Å²) in [6.45, 7) is 2.06. The molecule has 1 amide bonds. The van der Waals surface area contributed by atoms with Crippen LogP contribution in [-0.4, -0.2) is 16.9 Å². The summed E-state index contributed by atoms with van der Waals surface area (Å²) in [5.74, 6) is 0.101. The lowest BCUT2D eigenvalue weighted by Crippen LogP contribution is -2.27. The fraction of sp³-hybridized carbons (Fsp3) is 0.412. The number of pyridine rings is 1. The van der Waals surface area contributed by atoms with Gasteiger partial charge in [0.15, 0.2) is 0 Å². The van der Waals surface area contributed by atoms with Crippen LogP contribution >= 0.6 is 0 Å². The van der Waals surface area contributed by atoms with Crippen LogP contribution in [0.3, 0.4) is 0 Å². The van der Waals surface area contributed by atoms with Gasteiger partial charge in [-0.15, -0.1) is 0 Å². The third-order valence-electron chi connectivity index (χ3n) is 4.31. The van der Waals surface area contributed by atoms with Crippen LogP contribution in [-0.2, 0) is 12.8 Å². The SMILES string of the molecule is Cc1ccc2nc3c(c(C(=O)NC4CC4)c2c1)CCC3. The number of rotatable bonds is 2. The van der Waals surface area contributed by atoms with Crippen LogP contribution in [0.2, 0.25) is 0 Å². The quantitative estimate of drug-likeness (QED) is 0.908. The van der Waals surface area contributed by atoms with Crippen molar-refractivity contribution in [3.05, 3.63) is 40.6 Å². The number of carbonyl (C=O) groups is 1. The van der Waals surface area contributed by atoms with Gasteiger partial charge in [0.1, 0.15) is 0 Å². The summed E-state index contributed by atoms with van der Waals surface area (Å²) >= 11 is 0. The Morgan fingerprint density at radius 3 is 2.95 bits per heavy atom. The molecule has 1 aromatic carbocycles. The van der Waals surface area contributed by atoms with Crippen molar-refractivity contribution in [1.29, 1.82) is 0 Å². The Morgan fingerprint density at radius 1 is 1.30 bits per heavy atom. The summed E-state index contributed by atoms with van der Waals surface area (Å²) in [7, 11) is 0. The van der Waals surface area contributed by atoms with Crippen molar-refractivity contribution in [3.8, 4) is 0 Å². The van der Waals surface area contributed by atoms with Crippen LogP contribution in [0.1, 0.15) is 46.4 Å². The van der Waals surface area contributed by atoms with Crippen LogP contribution in [0.25, 0.3) is 10.9 Å². The number of amides is 1. The minimum atomic E-state index is 0.101. The second-order valence-electron chi connectivity index (χ2n) is 6.03. The van der Waals surface area contributed by atoms with E-state index >= 15 is 0 Å². The molecular formula is C17H18N2O. The summed E-state index contributed by atoms with van der Waals surface area (Å²) in [5, 5.41) is 4.16. The zero-order valence-corrected chi connectivity index (χ0v) is 11.7. The summed E-state index contributed by atoms with van der Waals surface area (Å²) in [6, 6.07) is 6.60. The van der Waals surface area contributed by atoms with Gasteiger partial charge in [0, 0.05) is 17.1 Å². The van der Waals surface area contributed by atoms with Crippen molar-refractivity contribution in [2.45, 2.75) is 45.1 Å². The molecule has 0 saturated heterocycles. The van der Waals surface area contributed by atoms with Crippen molar-refractivity contribution in [3.63, 3.8) is 0 Å². The van der Waals surface area contributed by atoms with Crippen molar-refractivity contribution in [2.24, 2.45) is 0 Å². The molecule has 1 fully saturated rings. The molecule has 0 bridgehead atoms. The molecule has 102 valence electrons. The molecular weight excluding hydrogens is 248 g/mol. The van der Waals surface area contributed by atoms with Gasteiger partial charge in [-0.25, -0.2) is 0 Å². The Hall–Kier alpha value is -1.90. The van der Waals surface area contributed by atoms with Gasteiger partial charge in [-0.05, 0) is 56.7 Å². The van der Waals surface area contributed by atoms with Gasteiger partial charge in [0.25, 0.3) is 5.91 Å². The van der Waals surface area contributed by atoms with E-state index in [1.54, 1.807) is 0 Å². The Kier molecular flexibility index (Phi) is 2.56. The molecule has 3 heteroatoms. The number of hydrogen-bond acceptors (Lipinski definition) is 2. The fourth-order valence-electron chi connectivity index (χ4n) is 3.12. The predicted molar refractivity (Wildman–Crippen MR) is 79.0 cm³/mol. The lowest BCUT2D eigenvalue weighted by molar-refractivity contribution is 0.0952. The van der Waals surface area contributed by atoms with E-state index < -0.39 is 0 Å². The molecule has 2 aromatic rings. The Labute approximate surface area is 118 Å². The second-order valence-corrected chi connectivity index (χ2v) is 6.03. The molecule has 1 saturated carbocycles. The molecule has 0 aliphatic heterocycles. The van der Waals surface area contributed by atoms with Gasteiger partial charge in [0.2, 0.25) is 0 Å². The summed E-state index contributed by atoms with van der Waals surface area (Å²) in [5.41, 5.74) is 5.33. The van der Waals surface area contributed by atoms with Crippen molar-refractivity contribution < 1.29 is 4.79 Å². The van der Waals surface area contributed by atoms with Gasteiger partial charge in [-0.1, -0.05) is 11.6 Å². The van der Waals surface area contributed by atoms with E-state index in [1.165, 1.54) is 11.1 Å². The van der Waals surface area contributed by atoms with Gasteiger partial charge in [-0.2, -0.15) is 0 Å². The second kappa shape index (κ2) is 4.30. The van der Waals surface area contributed by atoms with E-state index in [2.05, 4.69) is 24.4 Å². The van der Waals surface area contributed by atoms with E-state index in [0.717, 1.165) is 54.3 Å². The first-order chi connectivity index (χ1) is 9.72. The largest absolute Gasteiger partial charge is 0.349 e. The highest BCUT2D eigenvalue weighted by molar-refractivity contribution is 6.08. The van der Waals surface area contributed by atoms with E-state index in [4.69, 9.17) is 4.98 Å². The third kappa shape index (κ3) is 1.89. The lowest BCUT2D eigenvalue weighted by Gasteiger charge is -2.13. The highest BCUT2D eigenvalue weighted by Crippen LogP contribution is 2.31. The Morgan fingerprint density at radius 2 is 2.15 bits per heavy atom. The Balaban J connectivity index is 1.94. The molecule has 0 radical (unpaired) electrons. The average Bonchev–Trinajstić information content (AvgIpc) is 3.11. The van der Waals surface area contributed by atoms with Gasteiger partial charge < -0.3 is 5.32 Å². The van der Waals surface area contributed by atoms with Crippen molar-refractivity contribution in [2.75, 3.05) is 0 Å². The molecule has 0 unspecified atom stereocenters. The number of benzene rings is 1. The van der Waals surface area contributed by atoms with Crippen LogP contribution in [0.4, 0.5) is 0 Å². The zero-order valence-electron chi connectivity index (χ0n) is 11.7. The predicted octanol–water partition coefficient (Wildman–Crippen LogP) is 2.92. The molecule has 1 N–H and O–H groups in total. The third-order valence-corrected chi connectivity index (χ3v) is 4.31. The minimum absolute atomic E-state index is 0.101. The highest BCUT2D eigenvalue weighted by atomic mass is 16.1. The number of nitrogens with zero attached hydrogens (tertiary/aromatic N) is 1. The first-order valence-electron chi connectivity index (χ1n) is 7.45. The molecule has 1 heterocycles. The van der Waals surface area contributed by atoms with Crippen molar-refractivity contribution >= 4 is 16.8 Å². The molecule has 0 atom stereocenters. The molecule has 4 rings (SSSR count). The zero-order chi connectivity index (χ0) is 13.7. The number of aromatic nitrogens is 1. The van der Waals surface area contributed by atoms with Crippen LogP contribution < -0.4 is 5.32 Å². The van der Waals surface area contributed by atoms with Crippen molar-refractivity contribution in [1.82, 2.24) is 10.3 Å². The molecule has 3 nitrogen and oxygen atoms in total. The molecule has 2 aliphatic rings. The number of nitrogens with one attached hydrogen (secondary N) is 1. The smallest absolute Gasteiger partial charge is 0.252 e. The maximum Gasteiger partial charge on any atom is 0.252 e. The van der Waals surface area contributed by atoms with Gasteiger partial charge in [-0.3, -0.25) is 9.78 Å². The molecule has 1 aromatic heterocycles. The van der Waals surface area contributed by atoms with Crippen LogP contribution in [0, 0.1) is 6.92 Å². The highest BCUT2D eigenvalue weighted by Gasteiger charge is 2.28. The monoisotopic (exact) mass is 266 g/mol. The van der Waals surface area contributed by atoms with E-state index in [0.29, 0.717) is 6.04 Å². The maximum absolute atomic E-state index is 12.6. The lowest BCUT2D eigenvalue weighted by atomic mass is 9.99. The van der Waals surface area contributed by atoms with E-state index in [1.807, 2.05) is 6.07 Å². The van der Waals surface area contributed by atoms with Gasteiger partial charge >= 0.3 is 0 Å². The van der Waals surface area contributed by atoms with Crippen LogP contribution in [0.5, 0.6) is 0 Å². The summed E-state index contributed by atoms with van der Waals surface area (Å²) in [4.78, 5) is 17.4. The maximum atomic E-state index is 12.6. The Bertz CT molecular complexity index is 716. The summed E-state index contributed by atoms with van der Waals surface area (Å²) in [6.07, 6.45) is 5.34. The van der Waals surface area contributed by atoms with Gasteiger partial charge in [0.05, 0.1) is 11.1 Å². The number of hydrogen-bond donors (Lipinski definition) is 1. The fourth-order valence-corrected chi connectivity index (χ4v) is 3.12. The number of fused-ring (bicyclic) bond motifs is 2. The molecule has 20 heavy (non-hydrogen) atoms. The first kappa shape index (κ1) is 11.9. The van der Waals surface area contributed by atoms with E-state index in [-0.39, 0.29) is 5.91 Å². The summed E-state index contributed by atoms with van der Waals surface area (Å²) < 4.78 is 0. The normalized spacial score (nSPS) is 17.2. The number of aryl methyl sites for hydroxylation is 2. The topological polar surface area (TPSA) is 42.0 Å². The standard InChI is InChI=1S/C17H18N2O/c1-10-5-8-15-13(9-10)16(17(20)18-11-6-7-11)12-3-2-4-14(12)19-15/h5,8-9,11H,2-4,6-7H2,1H3,(H,18,20). The van der Waals surface area contributed by atoms with Crippen LogP contribution in [0.15, 0.2) is 18.2 Å². The first-order valence-corrected chi connectivity index (χ1v) is 7.45.